The van der Waals surface area contributed by atoms with Crippen LogP contribution < -0.4 is 5.73 Å². The Balaban J connectivity index is 1.76. The number of thioether (sulfide) groups is 2. The monoisotopic (exact) mass is 239 g/mol. The van der Waals surface area contributed by atoms with Gasteiger partial charge in [0.2, 0.25) is 0 Å². The zero-order chi connectivity index (χ0) is 10.5. The zero-order valence-corrected chi connectivity index (χ0v) is 10.4. The molecule has 0 amide bonds. The van der Waals surface area contributed by atoms with Crippen LogP contribution >= 0.6 is 23.5 Å². The van der Waals surface area contributed by atoms with Gasteiger partial charge in [-0.05, 0) is 36.8 Å². The summed E-state index contributed by atoms with van der Waals surface area (Å²) in [6.45, 7) is 0.824. The van der Waals surface area contributed by atoms with Crippen molar-refractivity contribution < 1.29 is 0 Å². The Morgan fingerprint density at radius 1 is 1.40 bits per heavy atom. The van der Waals surface area contributed by atoms with Gasteiger partial charge in [-0.1, -0.05) is 18.2 Å². The number of hydrogen-bond acceptors (Lipinski definition) is 3. The number of hydrogen-bond donors (Lipinski definition) is 1. The highest BCUT2D eigenvalue weighted by Gasteiger charge is 2.21. The molecule has 1 aromatic rings. The molecule has 1 heterocycles. The third-order valence-corrected chi connectivity index (χ3v) is 5.26. The summed E-state index contributed by atoms with van der Waals surface area (Å²) in [4.78, 5) is 1.49. The lowest BCUT2D eigenvalue weighted by molar-refractivity contribution is 0.934. The molecule has 1 atom stereocenters. The molecule has 2 N–H and O–H groups in total. The van der Waals surface area contributed by atoms with Crippen LogP contribution in [0.15, 0.2) is 29.2 Å². The minimum atomic E-state index is 0.783. The molecule has 0 saturated carbocycles. The second kappa shape index (κ2) is 5.83. The molecule has 15 heavy (non-hydrogen) atoms. The van der Waals surface area contributed by atoms with Crippen molar-refractivity contribution in [1.29, 1.82) is 0 Å². The highest BCUT2D eigenvalue weighted by Crippen LogP contribution is 2.38. The average Bonchev–Trinajstić information content (AvgIpc) is 2.67. The van der Waals surface area contributed by atoms with Crippen LogP contribution in [0.2, 0.25) is 0 Å². The van der Waals surface area contributed by atoms with Gasteiger partial charge in [0.15, 0.2) is 0 Å². The van der Waals surface area contributed by atoms with E-state index in [1.54, 1.807) is 0 Å². The number of benzene rings is 1. The normalized spacial score (nSPS) is 19.1. The van der Waals surface area contributed by atoms with Gasteiger partial charge in [0.1, 0.15) is 0 Å². The molecule has 3 heteroatoms. The lowest BCUT2D eigenvalue weighted by atomic mass is 10.1. The van der Waals surface area contributed by atoms with Crippen molar-refractivity contribution >= 4 is 23.5 Å². The fourth-order valence-electron chi connectivity index (χ4n) is 1.75. The first-order chi connectivity index (χ1) is 7.40. The van der Waals surface area contributed by atoms with Crippen molar-refractivity contribution in [2.75, 3.05) is 18.1 Å². The van der Waals surface area contributed by atoms with Gasteiger partial charge < -0.3 is 5.73 Å². The van der Waals surface area contributed by atoms with E-state index >= 15 is 0 Å². The maximum Gasteiger partial charge on any atom is 0.0226 e. The van der Waals surface area contributed by atoms with Crippen LogP contribution in [-0.4, -0.2) is 23.3 Å². The van der Waals surface area contributed by atoms with Gasteiger partial charge >= 0.3 is 0 Å². The van der Waals surface area contributed by atoms with Crippen LogP contribution in [0.25, 0.3) is 0 Å². The molecule has 0 aromatic heterocycles. The molecule has 1 nitrogen and oxygen atoms in total. The van der Waals surface area contributed by atoms with E-state index in [0.717, 1.165) is 18.2 Å². The van der Waals surface area contributed by atoms with Crippen molar-refractivity contribution in [2.45, 2.75) is 23.0 Å². The molecular weight excluding hydrogens is 222 g/mol. The Kier molecular flexibility index (Phi) is 4.42. The van der Waals surface area contributed by atoms with Crippen molar-refractivity contribution in [3.8, 4) is 0 Å². The van der Waals surface area contributed by atoms with Crippen LogP contribution in [0.3, 0.4) is 0 Å². The van der Waals surface area contributed by atoms with Crippen LogP contribution in [0.4, 0.5) is 0 Å². The Hall–Kier alpha value is -0.120. The summed E-state index contributed by atoms with van der Waals surface area (Å²) in [7, 11) is 0. The molecule has 0 spiro atoms. The lowest BCUT2D eigenvalue weighted by Crippen LogP contribution is -2.06. The fraction of sp³-hybridized carbons (Fsp3) is 0.500. The molecule has 0 saturated heterocycles. The van der Waals surface area contributed by atoms with Gasteiger partial charge in [0.05, 0.1) is 0 Å². The summed E-state index contributed by atoms with van der Waals surface area (Å²) >= 11 is 4.09. The predicted octanol–water partition coefficient (Wildman–Crippen LogP) is 2.79. The Morgan fingerprint density at radius 2 is 2.27 bits per heavy atom. The molecule has 0 bridgehead atoms. The topological polar surface area (TPSA) is 26.0 Å². The second-order valence-electron chi connectivity index (χ2n) is 3.77. The third-order valence-electron chi connectivity index (χ3n) is 2.51. The van der Waals surface area contributed by atoms with E-state index in [1.165, 1.54) is 28.4 Å². The number of fused-ring (bicyclic) bond motifs is 1. The number of rotatable bonds is 5. The van der Waals surface area contributed by atoms with E-state index in [4.69, 9.17) is 5.73 Å². The average molecular weight is 239 g/mol. The molecular formula is C12H17NS2. The van der Waals surface area contributed by atoms with Crippen molar-refractivity contribution in [1.82, 2.24) is 0 Å². The third kappa shape index (κ3) is 3.16. The van der Waals surface area contributed by atoms with E-state index in [9.17, 15) is 0 Å². The molecule has 2 rings (SSSR count). The van der Waals surface area contributed by atoms with E-state index in [1.807, 2.05) is 23.5 Å². The van der Waals surface area contributed by atoms with Gasteiger partial charge in [0, 0.05) is 15.9 Å². The predicted molar refractivity (Wildman–Crippen MR) is 70.8 cm³/mol. The van der Waals surface area contributed by atoms with Crippen molar-refractivity contribution in [2.24, 2.45) is 5.73 Å². The van der Waals surface area contributed by atoms with E-state index < -0.39 is 0 Å². The summed E-state index contributed by atoms with van der Waals surface area (Å²) in [5.74, 6) is 2.48. The lowest BCUT2D eigenvalue weighted by Gasteiger charge is -2.06. The summed E-state index contributed by atoms with van der Waals surface area (Å²) in [5.41, 5.74) is 7.01. The van der Waals surface area contributed by atoms with Crippen LogP contribution in [-0.2, 0) is 6.42 Å². The maximum absolute atomic E-state index is 5.47. The van der Waals surface area contributed by atoms with Crippen LogP contribution in [0.1, 0.15) is 12.0 Å². The second-order valence-corrected chi connectivity index (χ2v) is 6.26. The van der Waals surface area contributed by atoms with E-state index in [-0.39, 0.29) is 0 Å². The molecule has 1 aliphatic heterocycles. The minimum Gasteiger partial charge on any atom is -0.330 e. The Morgan fingerprint density at radius 3 is 3.07 bits per heavy atom. The highest BCUT2D eigenvalue weighted by molar-refractivity contribution is 8.03. The quantitative estimate of drug-likeness (QED) is 0.800. The summed E-state index contributed by atoms with van der Waals surface area (Å²) in [6.07, 6.45) is 2.39. The van der Waals surface area contributed by atoms with Gasteiger partial charge in [-0.15, -0.1) is 11.8 Å². The molecule has 82 valence electrons. The molecule has 0 fully saturated rings. The SMILES string of the molecule is NCCCSCC1Cc2ccccc2S1. The van der Waals surface area contributed by atoms with Crippen molar-refractivity contribution in [3.05, 3.63) is 29.8 Å². The highest BCUT2D eigenvalue weighted by atomic mass is 32.2. The Bertz CT molecular complexity index is 289. The maximum atomic E-state index is 5.47. The Labute approximate surface area is 100 Å². The van der Waals surface area contributed by atoms with Gasteiger partial charge in [-0.2, -0.15) is 11.8 Å². The first-order valence-electron chi connectivity index (χ1n) is 5.42. The minimum absolute atomic E-state index is 0.783. The van der Waals surface area contributed by atoms with Crippen molar-refractivity contribution in [3.63, 3.8) is 0 Å². The largest absolute Gasteiger partial charge is 0.330 e. The van der Waals surface area contributed by atoms with Crippen LogP contribution in [0, 0.1) is 0 Å². The molecule has 1 aromatic carbocycles. The summed E-state index contributed by atoms with van der Waals surface area (Å²) < 4.78 is 0. The number of nitrogens with two attached hydrogens (primary N) is 1. The van der Waals surface area contributed by atoms with E-state index in [2.05, 4.69) is 24.3 Å². The zero-order valence-electron chi connectivity index (χ0n) is 8.82. The smallest absolute Gasteiger partial charge is 0.0226 e. The van der Waals surface area contributed by atoms with Gasteiger partial charge in [-0.3, -0.25) is 0 Å². The standard InChI is InChI=1S/C12H17NS2/c13-6-3-7-14-9-11-8-10-4-1-2-5-12(10)15-11/h1-2,4-5,11H,3,6-9,13H2. The van der Waals surface area contributed by atoms with Gasteiger partial charge in [0.25, 0.3) is 0 Å². The summed E-state index contributed by atoms with van der Waals surface area (Å²) in [5, 5.41) is 0.783. The van der Waals surface area contributed by atoms with Gasteiger partial charge in [-0.25, -0.2) is 0 Å². The van der Waals surface area contributed by atoms with E-state index in [0.29, 0.717) is 0 Å². The molecule has 0 aliphatic carbocycles. The first-order valence-corrected chi connectivity index (χ1v) is 7.46. The molecule has 0 radical (unpaired) electrons. The molecule has 1 aliphatic rings. The van der Waals surface area contributed by atoms with Crippen LogP contribution in [0.5, 0.6) is 0 Å². The fourth-order valence-corrected chi connectivity index (χ4v) is 4.31. The molecule has 1 unspecified atom stereocenters. The first kappa shape index (κ1) is 11.4. The summed E-state index contributed by atoms with van der Waals surface area (Å²) in [6, 6.07) is 8.77.